The molecule has 7 nitrogen and oxygen atoms in total. The molecular formula is C42H57F3N4O3. The number of hydrogen-bond acceptors (Lipinski definition) is 6. The number of carbonyl (C=O) groups is 1. The van der Waals surface area contributed by atoms with Gasteiger partial charge in [-0.25, -0.2) is 13.2 Å². The van der Waals surface area contributed by atoms with E-state index in [9.17, 15) is 28.2 Å². The number of likely N-dealkylation sites (tertiary alicyclic amines) is 3. The Morgan fingerprint density at radius 3 is 1.65 bits per heavy atom. The van der Waals surface area contributed by atoms with Crippen molar-refractivity contribution in [3.8, 4) is 0 Å². The van der Waals surface area contributed by atoms with Gasteiger partial charge in [0.25, 0.3) is 5.91 Å². The Morgan fingerprint density at radius 1 is 0.731 bits per heavy atom. The summed E-state index contributed by atoms with van der Waals surface area (Å²) in [6.45, 7) is 7.92. The Morgan fingerprint density at radius 2 is 1.21 bits per heavy atom. The summed E-state index contributed by atoms with van der Waals surface area (Å²) in [5, 5.41) is 25.4. The van der Waals surface area contributed by atoms with Crippen LogP contribution in [-0.4, -0.2) is 93.4 Å². The zero-order valence-electron chi connectivity index (χ0n) is 29.9. The number of β-amino-alcohol motifs (C(OH)–C–C–N with tert-alkyl or cyclic N) is 2. The standard InChI is InChI=1S/C24H27F3N2O2.C17H26N2O.CH4/c1-2-19(16-8-4-3-5-9-16)29-13-7-6-10-20(29)24(31)14-28(15-24)23(30)17-11-12-18(25)22(27)21(17)26;1-2-15(14-8-4-3-5-9-14)19-11-7-6-10-16(19)17(20)12-18-13-17;/h3-5,8-9,11-12,19-20,31H,2,6-7,10,13-15H2,1H3;3-5,8-9,15-16,18,20H,2,6-7,10-13H2,1H3;1H4/t19-,20+;15-,16+;/m11./s1. The second kappa shape index (κ2) is 17.2. The van der Waals surface area contributed by atoms with E-state index in [1.165, 1.54) is 28.9 Å². The number of carbonyl (C=O) groups excluding carboxylic acids is 1. The topological polar surface area (TPSA) is 79.3 Å². The van der Waals surface area contributed by atoms with Crippen LogP contribution in [0.15, 0.2) is 72.8 Å². The summed E-state index contributed by atoms with van der Waals surface area (Å²) in [6.07, 6.45) is 8.45. The zero-order chi connectivity index (χ0) is 36.2. The van der Waals surface area contributed by atoms with E-state index in [0.717, 1.165) is 76.8 Å². The van der Waals surface area contributed by atoms with Crippen molar-refractivity contribution < 1.29 is 28.2 Å². The van der Waals surface area contributed by atoms with Gasteiger partial charge in [0.2, 0.25) is 0 Å². The number of benzene rings is 3. The second-order valence-corrected chi connectivity index (χ2v) is 14.9. The molecule has 4 atom stereocenters. The SMILES string of the molecule is C.CC[C@H](c1ccccc1)N1CCCC[C@H]1C1(O)CN(C(=O)c2ccc(F)c(F)c2F)C1.CC[C@H](c1ccccc1)N1CCCC[C@H]1C1(O)CNC1. The summed E-state index contributed by atoms with van der Waals surface area (Å²) < 4.78 is 40.8. The first-order valence-electron chi connectivity index (χ1n) is 18.8. The number of rotatable bonds is 9. The molecule has 0 saturated carbocycles. The number of aliphatic hydroxyl groups is 2. The lowest BCUT2D eigenvalue weighted by Gasteiger charge is -2.56. The van der Waals surface area contributed by atoms with Gasteiger partial charge in [-0.05, 0) is 74.9 Å². The fraction of sp³-hybridized carbons (Fsp3) is 0.548. The third kappa shape index (κ3) is 8.11. The van der Waals surface area contributed by atoms with Crippen LogP contribution in [0.1, 0.15) is 106 Å². The highest BCUT2D eigenvalue weighted by atomic mass is 19.2. The highest BCUT2D eigenvalue weighted by molar-refractivity contribution is 5.95. The van der Waals surface area contributed by atoms with Crippen molar-refractivity contribution >= 4 is 5.91 Å². The molecule has 0 aromatic heterocycles. The lowest BCUT2D eigenvalue weighted by atomic mass is 9.78. The first-order valence-corrected chi connectivity index (χ1v) is 18.8. The van der Waals surface area contributed by atoms with Gasteiger partial charge in [0.15, 0.2) is 17.5 Å². The highest BCUT2D eigenvalue weighted by Crippen LogP contribution is 2.40. The van der Waals surface area contributed by atoms with Crippen LogP contribution in [0, 0.1) is 17.5 Å². The van der Waals surface area contributed by atoms with E-state index in [2.05, 4.69) is 71.4 Å². The van der Waals surface area contributed by atoms with Gasteiger partial charge in [-0.15, -0.1) is 0 Å². The molecule has 0 spiro atoms. The molecule has 284 valence electrons. The molecule has 0 bridgehead atoms. The van der Waals surface area contributed by atoms with Crippen LogP contribution >= 0.6 is 0 Å². The molecule has 4 heterocycles. The van der Waals surface area contributed by atoms with Crippen LogP contribution in [0.5, 0.6) is 0 Å². The molecule has 3 N–H and O–H groups in total. The minimum absolute atomic E-state index is 0. The van der Waals surface area contributed by atoms with E-state index in [4.69, 9.17) is 0 Å². The molecule has 3 aromatic rings. The summed E-state index contributed by atoms with van der Waals surface area (Å²) in [5.41, 5.74) is 0.433. The molecule has 1 amide bonds. The largest absolute Gasteiger partial charge is 0.386 e. The molecule has 4 saturated heterocycles. The highest BCUT2D eigenvalue weighted by Gasteiger charge is 2.53. The second-order valence-electron chi connectivity index (χ2n) is 14.9. The van der Waals surface area contributed by atoms with Crippen molar-refractivity contribution in [1.82, 2.24) is 20.0 Å². The monoisotopic (exact) mass is 722 g/mol. The Balaban J connectivity index is 0.000000215. The van der Waals surface area contributed by atoms with Crippen molar-refractivity contribution in [2.75, 3.05) is 39.3 Å². The van der Waals surface area contributed by atoms with Gasteiger partial charge in [0, 0.05) is 37.3 Å². The summed E-state index contributed by atoms with van der Waals surface area (Å²) >= 11 is 0. The molecular weight excluding hydrogens is 665 g/mol. The number of piperidine rings is 2. The van der Waals surface area contributed by atoms with Gasteiger partial charge in [-0.3, -0.25) is 14.6 Å². The van der Waals surface area contributed by atoms with Gasteiger partial charge in [-0.1, -0.05) is 94.8 Å². The fourth-order valence-corrected chi connectivity index (χ4v) is 8.93. The average Bonchev–Trinajstić information content (AvgIpc) is 3.14. The lowest BCUT2D eigenvalue weighted by Crippen LogP contribution is -2.72. The van der Waals surface area contributed by atoms with Gasteiger partial charge in [-0.2, -0.15) is 0 Å². The summed E-state index contributed by atoms with van der Waals surface area (Å²) in [7, 11) is 0. The van der Waals surface area contributed by atoms with Crippen LogP contribution < -0.4 is 5.32 Å². The number of amides is 1. The summed E-state index contributed by atoms with van der Waals surface area (Å²) in [4.78, 5) is 18.8. The molecule has 0 radical (unpaired) electrons. The van der Waals surface area contributed by atoms with Crippen LogP contribution in [-0.2, 0) is 0 Å². The molecule has 7 rings (SSSR count). The Kier molecular flexibility index (Phi) is 13.2. The maximum absolute atomic E-state index is 14.0. The van der Waals surface area contributed by atoms with Crippen LogP contribution in [0.3, 0.4) is 0 Å². The number of hydrogen-bond donors (Lipinski definition) is 3. The molecule has 0 unspecified atom stereocenters. The lowest BCUT2D eigenvalue weighted by molar-refractivity contribution is -0.148. The fourth-order valence-electron chi connectivity index (χ4n) is 8.93. The maximum atomic E-state index is 14.0. The number of nitrogens with zero attached hydrogens (tertiary/aromatic N) is 3. The molecule has 4 fully saturated rings. The molecule has 4 aliphatic heterocycles. The first kappa shape index (κ1) is 39.9. The molecule has 3 aromatic carbocycles. The Labute approximate surface area is 307 Å². The van der Waals surface area contributed by atoms with Gasteiger partial charge in [0.1, 0.15) is 11.2 Å². The minimum Gasteiger partial charge on any atom is -0.386 e. The van der Waals surface area contributed by atoms with E-state index >= 15 is 0 Å². The average molecular weight is 723 g/mol. The maximum Gasteiger partial charge on any atom is 0.257 e. The first-order chi connectivity index (χ1) is 24.6. The van der Waals surface area contributed by atoms with Crippen molar-refractivity contribution in [3.05, 3.63) is 107 Å². The van der Waals surface area contributed by atoms with Crippen LogP contribution in [0.25, 0.3) is 0 Å². The minimum atomic E-state index is -1.66. The predicted molar refractivity (Wildman–Crippen MR) is 199 cm³/mol. The van der Waals surface area contributed by atoms with E-state index in [-0.39, 0.29) is 32.6 Å². The molecule has 10 heteroatoms. The third-order valence-corrected chi connectivity index (χ3v) is 11.6. The summed E-state index contributed by atoms with van der Waals surface area (Å²) in [5.74, 6) is -5.22. The molecule has 52 heavy (non-hydrogen) atoms. The van der Waals surface area contributed by atoms with Crippen molar-refractivity contribution in [1.29, 1.82) is 0 Å². The van der Waals surface area contributed by atoms with E-state index < -0.39 is 40.1 Å². The summed E-state index contributed by atoms with van der Waals surface area (Å²) in [6, 6.07) is 23.4. The van der Waals surface area contributed by atoms with Gasteiger partial charge in [0.05, 0.1) is 18.7 Å². The quantitative estimate of drug-likeness (QED) is 0.202. The van der Waals surface area contributed by atoms with Crippen LogP contribution in [0.2, 0.25) is 0 Å². The van der Waals surface area contributed by atoms with Gasteiger partial charge >= 0.3 is 0 Å². The van der Waals surface area contributed by atoms with E-state index in [1.54, 1.807) is 0 Å². The third-order valence-electron chi connectivity index (χ3n) is 11.6. The smallest absolute Gasteiger partial charge is 0.257 e. The zero-order valence-corrected chi connectivity index (χ0v) is 29.9. The normalized spacial score (nSPS) is 23.9. The Hall–Kier alpha value is -3.28. The van der Waals surface area contributed by atoms with Crippen molar-refractivity contribution in [3.63, 3.8) is 0 Å². The van der Waals surface area contributed by atoms with Gasteiger partial charge < -0.3 is 20.4 Å². The number of halogens is 3. The number of nitrogens with one attached hydrogen (secondary N) is 1. The van der Waals surface area contributed by atoms with Crippen molar-refractivity contribution in [2.45, 2.75) is 108 Å². The van der Waals surface area contributed by atoms with E-state index in [0.29, 0.717) is 12.1 Å². The van der Waals surface area contributed by atoms with Crippen LogP contribution in [0.4, 0.5) is 13.2 Å². The molecule has 0 aliphatic carbocycles. The predicted octanol–water partition coefficient (Wildman–Crippen LogP) is 7.26. The van der Waals surface area contributed by atoms with E-state index in [1.807, 2.05) is 18.2 Å². The Bertz CT molecular complexity index is 1600. The van der Waals surface area contributed by atoms with Crippen molar-refractivity contribution in [2.24, 2.45) is 0 Å². The molecule has 4 aliphatic rings.